The average Bonchev–Trinajstić information content (AvgIpc) is 2.70. The standard InChI is InChI=1S/C13H24N2O2.ClH/c1-10-4-9-15(11(10)2)12(16)13(17-3)5-7-14-8-6-13;/h10-11,14H,4-9H2,1-3H3;1H. The number of hydrogen-bond acceptors (Lipinski definition) is 3. The third-order valence-corrected chi connectivity index (χ3v) is 4.59. The topological polar surface area (TPSA) is 41.6 Å². The molecule has 2 unspecified atom stereocenters. The van der Waals surface area contributed by atoms with Crippen molar-refractivity contribution in [2.75, 3.05) is 26.7 Å². The van der Waals surface area contributed by atoms with E-state index in [1.807, 2.05) is 4.90 Å². The van der Waals surface area contributed by atoms with Gasteiger partial charge in [0.25, 0.3) is 5.91 Å². The molecule has 2 fully saturated rings. The third-order valence-electron chi connectivity index (χ3n) is 4.59. The fourth-order valence-electron chi connectivity index (χ4n) is 2.98. The number of nitrogens with zero attached hydrogens (tertiary/aromatic N) is 1. The summed E-state index contributed by atoms with van der Waals surface area (Å²) < 4.78 is 5.61. The minimum absolute atomic E-state index is 0. The highest BCUT2D eigenvalue weighted by atomic mass is 35.5. The average molecular weight is 277 g/mol. The summed E-state index contributed by atoms with van der Waals surface area (Å²) in [7, 11) is 1.67. The van der Waals surface area contributed by atoms with E-state index in [1.54, 1.807) is 7.11 Å². The van der Waals surface area contributed by atoms with Crippen LogP contribution in [-0.2, 0) is 9.53 Å². The minimum atomic E-state index is -0.566. The molecule has 2 atom stereocenters. The van der Waals surface area contributed by atoms with Gasteiger partial charge in [0.1, 0.15) is 5.60 Å². The van der Waals surface area contributed by atoms with Gasteiger partial charge in [-0.1, -0.05) is 6.92 Å². The molecule has 0 radical (unpaired) electrons. The van der Waals surface area contributed by atoms with Crippen LogP contribution >= 0.6 is 12.4 Å². The molecule has 0 aromatic carbocycles. The van der Waals surface area contributed by atoms with E-state index in [2.05, 4.69) is 19.2 Å². The van der Waals surface area contributed by atoms with Crippen molar-refractivity contribution in [2.24, 2.45) is 5.92 Å². The van der Waals surface area contributed by atoms with Crippen molar-refractivity contribution >= 4 is 18.3 Å². The van der Waals surface area contributed by atoms with E-state index in [0.29, 0.717) is 12.0 Å². The number of likely N-dealkylation sites (tertiary alicyclic amines) is 1. The number of methoxy groups -OCH3 is 1. The minimum Gasteiger partial charge on any atom is -0.368 e. The lowest BCUT2D eigenvalue weighted by atomic mass is 9.90. The number of piperidine rings is 1. The molecule has 0 bridgehead atoms. The molecule has 0 aromatic heterocycles. The number of carbonyl (C=O) groups excluding carboxylic acids is 1. The number of hydrogen-bond donors (Lipinski definition) is 1. The van der Waals surface area contributed by atoms with Gasteiger partial charge in [-0.2, -0.15) is 0 Å². The van der Waals surface area contributed by atoms with Gasteiger partial charge < -0.3 is 15.0 Å². The summed E-state index contributed by atoms with van der Waals surface area (Å²) in [5, 5.41) is 3.29. The van der Waals surface area contributed by atoms with Crippen LogP contribution in [0.4, 0.5) is 0 Å². The molecule has 4 nitrogen and oxygen atoms in total. The van der Waals surface area contributed by atoms with Crippen LogP contribution in [0, 0.1) is 5.92 Å². The lowest BCUT2D eigenvalue weighted by Gasteiger charge is -2.39. The van der Waals surface area contributed by atoms with Crippen molar-refractivity contribution in [3.05, 3.63) is 0 Å². The Bertz CT molecular complexity index is 293. The van der Waals surface area contributed by atoms with Gasteiger partial charge in [0.15, 0.2) is 0 Å². The van der Waals surface area contributed by atoms with Crippen molar-refractivity contribution in [3.8, 4) is 0 Å². The van der Waals surface area contributed by atoms with Gasteiger partial charge in [0, 0.05) is 19.7 Å². The molecule has 2 rings (SSSR count). The summed E-state index contributed by atoms with van der Waals surface area (Å²) in [5.41, 5.74) is -0.566. The number of carbonyl (C=O) groups is 1. The molecule has 1 amide bonds. The van der Waals surface area contributed by atoms with E-state index < -0.39 is 5.60 Å². The molecule has 2 saturated heterocycles. The van der Waals surface area contributed by atoms with Crippen LogP contribution in [0.2, 0.25) is 0 Å². The molecule has 0 aliphatic carbocycles. The first-order valence-corrected chi connectivity index (χ1v) is 6.68. The Kier molecular flexibility index (Phi) is 5.44. The molecule has 0 saturated carbocycles. The number of nitrogens with one attached hydrogen (secondary N) is 1. The molecule has 2 aliphatic rings. The van der Waals surface area contributed by atoms with Crippen molar-refractivity contribution in [2.45, 2.75) is 44.8 Å². The first-order chi connectivity index (χ1) is 8.10. The lowest BCUT2D eigenvalue weighted by molar-refractivity contribution is -0.159. The molecule has 106 valence electrons. The number of amides is 1. The molecule has 2 aliphatic heterocycles. The van der Waals surface area contributed by atoms with Crippen LogP contribution in [0.3, 0.4) is 0 Å². The summed E-state index contributed by atoms with van der Waals surface area (Å²) in [6.07, 6.45) is 2.70. The largest absolute Gasteiger partial charge is 0.368 e. The van der Waals surface area contributed by atoms with Crippen LogP contribution in [0.25, 0.3) is 0 Å². The normalized spacial score (nSPS) is 30.9. The van der Waals surface area contributed by atoms with Crippen molar-refractivity contribution in [3.63, 3.8) is 0 Å². The summed E-state index contributed by atoms with van der Waals surface area (Å²) in [5.74, 6) is 0.813. The number of rotatable bonds is 2. The SMILES string of the molecule is COC1(C(=O)N2CCC(C)C2C)CCNCC1.Cl. The quantitative estimate of drug-likeness (QED) is 0.830. The Hall–Kier alpha value is -0.320. The Labute approximate surface area is 116 Å². The second kappa shape index (κ2) is 6.22. The second-order valence-electron chi connectivity index (χ2n) is 5.45. The maximum atomic E-state index is 12.7. The summed E-state index contributed by atoms with van der Waals surface area (Å²) in [6.45, 7) is 7.01. The molecule has 18 heavy (non-hydrogen) atoms. The van der Waals surface area contributed by atoms with Gasteiger partial charge in [-0.3, -0.25) is 4.79 Å². The van der Waals surface area contributed by atoms with Gasteiger partial charge in [-0.05, 0) is 45.2 Å². The van der Waals surface area contributed by atoms with E-state index in [0.717, 1.165) is 38.9 Å². The molecular weight excluding hydrogens is 252 g/mol. The van der Waals surface area contributed by atoms with E-state index in [9.17, 15) is 4.79 Å². The van der Waals surface area contributed by atoms with Gasteiger partial charge in [-0.25, -0.2) is 0 Å². The van der Waals surface area contributed by atoms with E-state index in [4.69, 9.17) is 4.74 Å². The van der Waals surface area contributed by atoms with Gasteiger partial charge in [-0.15, -0.1) is 12.4 Å². The first kappa shape index (κ1) is 15.7. The van der Waals surface area contributed by atoms with Crippen LogP contribution in [0.5, 0.6) is 0 Å². The summed E-state index contributed by atoms with van der Waals surface area (Å²) in [6, 6.07) is 0.351. The Balaban J connectivity index is 0.00000162. The van der Waals surface area contributed by atoms with Gasteiger partial charge in [0.2, 0.25) is 0 Å². The predicted molar refractivity (Wildman–Crippen MR) is 74.0 cm³/mol. The molecule has 1 N–H and O–H groups in total. The molecular formula is C13H25ClN2O2. The zero-order valence-electron chi connectivity index (χ0n) is 11.6. The Morgan fingerprint density at radius 1 is 1.33 bits per heavy atom. The van der Waals surface area contributed by atoms with Gasteiger partial charge in [0.05, 0.1) is 0 Å². The van der Waals surface area contributed by atoms with Crippen molar-refractivity contribution in [1.29, 1.82) is 0 Å². The van der Waals surface area contributed by atoms with Crippen LogP contribution in [-0.4, -0.2) is 49.2 Å². The summed E-state index contributed by atoms with van der Waals surface area (Å²) in [4.78, 5) is 14.7. The van der Waals surface area contributed by atoms with E-state index in [-0.39, 0.29) is 18.3 Å². The second-order valence-corrected chi connectivity index (χ2v) is 5.45. The summed E-state index contributed by atoms with van der Waals surface area (Å²) >= 11 is 0. The number of ether oxygens (including phenoxy) is 1. The lowest BCUT2D eigenvalue weighted by Crippen LogP contribution is -2.56. The monoisotopic (exact) mass is 276 g/mol. The first-order valence-electron chi connectivity index (χ1n) is 6.68. The van der Waals surface area contributed by atoms with Gasteiger partial charge >= 0.3 is 0 Å². The number of halogens is 1. The zero-order chi connectivity index (χ0) is 12.5. The molecule has 0 aromatic rings. The Morgan fingerprint density at radius 3 is 2.39 bits per heavy atom. The zero-order valence-corrected chi connectivity index (χ0v) is 12.4. The maximum Gasteiger partial charge on any atom is 0.255 e. The van der Waals surface area contributed by atoms with Crippen LogP contribution in [0.1, 0.15) is 33.1 Å². The molecule has 2 heterocycles. The highest BCUT2D eigenvalue weighted by molar-refractivity contribution is 5.86. The highest BCUT2D eigenvalue weighted by Crippen LogP contribution is 2.31. The van der Waals surface area contributed by atoms with Crippen molar-refractivity contribution in [1.82, 2.24) is 10.2 Å². The van der Waals surface area contributed by atoms with E-state index in [1.165, 1.54) is 0 Å². The Morgan fingerprint density at radius 2 is 1.94 bits per heavy atom. The van der Waals surface area contributed by atoms with Crippen molar-refractivity contribution < 1.29 is 9.53 Å². The van der Waals surface area contributed by atoms with E-state index >= 15 is 0 Å². The van der Waals surface area contributed by atoms with Crippen LogP contribution in [0.15, 0.2) is 0 Å². The predicted octanol–water partition coefficient (Wildman–Crippen LogP) is 1.43. The van der Waals surface area contributed by atoms with Crippen LogP contribution < -0.4 is 5.32 Å². The molecule has 0 spiro atoms. The third kappa shape index (κ3) is 2.65. The fraction of sp³-hybridized carbons (Fsp3) is 0.923. The smallest absolute Gasteiger partial charge is 0.255 e. The highest BCUT2D eigenvalue weighted by Gasteiger charge is 2.45. The molecule has 5 heteroatoms. The fourth-order valence-corrected chi connectivity index (χ4v) is 2.98. The maximum absolute atomic E-state index is 12.7.